The lowest BCUT2D eigenvalue weighted by Crippen LogP contribution is -2.36. The van der Waals surface area contributed by atoms with Gasteiger partial charge in [-0.3, -0.25) is 4.79 Å². The lowest BCUT2D eigenvalue weighted by Gasteiger charge is -2.30. The van der Waals surface area contributed by atoms with E-state index in [2.05, 4.69) is 12.1 Å². The van der Waals surface area contributed by atoms with Gasteiger partial charge in [-0.1, -0.05) is 38.1 Å². The van der Waals surface area contributed by atoms with Crippen LogP contribution in [0.3, 0.4) is 0 Å². The third-order valence-corrected chi connectivity index (χ3v) is 4.37. The first-order chi connectivity index (χ1) is 9.10. The molecule has 2 atom stereocenters. The van der Waals surface area contributed by atoms with E-state index >= 15 is 0 Å². The molecule has 0 fully saturated rings. The van der Waals surface area contributed by atoms with E-state index in [1.807, 2.05) is 26.0 Å². The molecule has 1 aromatic rings. The molecule has 3 heteroatoms. The Hall–Kier alpha value is -1.19. The minimum atomic E-state index is -0.421. The van der Waals surface area contributed by atoms with E-state index in [1.54, 1.807) is 0 Å². The van der Waals surface area contributed by atoms with Gasteiger partial charge in [0.05, 0.1) is 12.7 Å². The zero-order valence-electron chi connectivity index (χ0n) is 11.8. The summed E-state index contributed by atoms with van der Waals surface area (Å²) in [5.74, 6) is 0.208. The van der Waals surface area contributed by atoms with Crippen molar-refractivity contribution in [2.24, 2.45) is 11.1 Å². The van der Waals surface area contributed by atoms with Crippen molar-refractivity contribution in [2.45, 2.75) is 39.2 Å². The van der Waals surface area contributed by atoms with Crippen molar-refractivity contribution in [1.29, 1.82) is 0 Å². The van der Waals surface area contributed by atoms with Gasteiger partial charge < -0.3 is 10.5 Å². The van der Waals surface area contributed by atoms with Gasteiger partial charge in [0.25, 0.3) is 0 Å². The number of nitrogens with two attached hydrogens (primary N) is 1. The molecule has 2 unspecified atom stereocenters. The number of carbonyl (C=O) groups is 1. The van der Waals surface area contributed by atoms with Gasteiger partial charge >= 0.3 is 0 Å². The molecule has 3 nitrogen and oxygen atoms in total. The summed E-state index contributed by atoms with van der Waals surface area (Å²) in [6, 6.07) is 8.24. The number of rotatable bonds is 5. The number of hydrogen-bond acceptors (Lipinski definition) is 3. The number of carbonyl (C=O) groups excluding carboxylic acids is 1. The number of fused-ring (bicyclic) bond motifs is 1. The smallest absolute Gasteiger partial charge is 0.142 e. The first kappa shape index (κ1) is 14.2. The predicted molar refractivity (Wildman–Crippen MR) is 75.9 cm³/mol. The van der Waals surface area contributed by atoms with Crippen LogP contribution >= 0.6 is 0 Å². The molecule has 0 amide bonds. The second-order valence-corrected chi connectivity index (χ2v) is 5.55. The highest BCUT2D eigenvalue weighted by atomic mass is 16.5. The molecule has 2 rings (SSSR count). The quantitative estimate of drug-likeness (QED) is 0.886. The summed E-state index contributed by atoms with van der Waals surface area (Å²) in [5, 5.41) is 0. The van der Waals surface area contributed by atoms with Gasteiger partial charge in [0.15, 0.2) is 0 Å². The molecule has 104 valence electrons. The standard InChI is InChI=1S/C16H23NO2/c1-3-16(2,11-17)15(18)10-14-13-7-5-4-6-12(13)8-9-19-14/h4-7,14H,3,8-11,17H2,1-2H3. The van der Waals surface area contributed by atoms with Crippen LogP contribution in [-0.2, 0) is 16.0 Å². The van der Waals surface area contributed by atoms with Crippen molar-refractivity contribution in [1.82, 2.24) is 0 Å². The Bertz CT molecular complexity index is 452. The van der Waals surface area contributed by atoms with Crippen LogP contribution < -0.4 is 5.73 Å². The van der Waals surface area contributed by atoms with E-state index in [4.69, 9.17) is 10.5 Å². The largest absolute Gasteiger partial charge is 0.373 e. The summed E-state index contributed by atoms with van der Waals surface area (Å²) < 4.78 is 5.80. The molecule has 0 saturated carbocycles. The average molecular weight is 261 g/mol. The molecule has 1 aliphatic rings. The van der Waals surface area contributed by atoms with Crippen LogP contribution in [0.4, 0.5) is 0 Å². The van der Waals surface area contributed by atoms with Crippen LogP contribution in [0.2, 0.25) is 0 Å². The van der Waals surface area contributed by atoms with Crippen molar-refractivity contribution < 1.29 is 9.53 Å². The van der Waals surface area contributed by atoms with Gasteiger partial charge in [-0.15, -0.1) is 0 Å². The van der Waals surface area contributed by atoms with Crippen LogP contribution in [-0.4, -0.2) is 18.9 Å². The van der Waals surface area contributed by atoms with E-state index < -0.39 is 5.41 Å². The Labute approximate surface area is 115 Å². The maximum Gasteiger partial charge on any atom is 0.142 e. The lowest BCUT2D eigenvalue weighted by molar-refractivity contribution is -0.131. The average Bonchev–Trinajstić information content (AvgIpc) is 2.46. The summed E-state index contributed by atoms with van der Waals surface area (Å²) in [6.45, 7) is 5.06. The van der Waals surface area contributed by atoms with Gasteiger partial charge in [-0.25, -0.2) is 0 Å². The van der Waals surface area contributed by atoms with Crippen LogP contribution in [0.15, 0.2) is 24.3 Å². The minimum Gasteiger partial charge on any atom is -0.373 e. The highest BCUT2D eigenvalue weighted by Crippen LogP contribution is 2.33. The monoisotopic (exact) mass is 261 g/mol. The molecule has 1 heterocycles. The Morgan fingerprint density at radius 1 is 1.47 bits per heavy atom. The highest BCUT2D eigenvalue weighted by Gasteiger charge is 2.33. The number of ketones is 1. The molecular weight excluding hydrogens is 238 g/mol. The zero-order valence-corrected chi connectivity index (χ0v) is 11.8. The number of hydrogen-bond donors (Lipinski definition) is 1. The molecule has 1 aromatic carbocycles. The first-order valence-corrected chi connectivity index (χ1v) is 7.03. The van der Waals surface area contributed by atoms with Gasteiger partial charge in [-0.05, 0) is 24.0 Å². The third-order valence-electron chi connectivity index (χ3n) is 4.37. The number of benzene rings is 1. The molecule has 19 heavy (non-hydrogen) atoms. The van der Waals surface area contributed by atoms with Crippen LogP contribution in [0.5, 0.6) is 0 Å². The number of Topliss-reactive ketones (excluding diaryl/α,β-unsaturated/α-hetero) is 1. The summed E-state index contributed by atoms with van der Waals surface area (Å²) in [6.07, 6.45) is 2.03. The Morgan fingerprint density at radius 3 is 2.89 bits per heavy atom. The first-order valence-electron chi connectivity index (χ1n) is 7.03. The second kappa shape index (κ2) is 5.85. The normalized spacial score (nSPS) is 21.5. The molecule has 0 radical (unpaired) electrons. The maximum absolute atomic E-state index is 12.4. The molecule has 0 aromatic heterocycles. The third kappa shape index (κ3) is 2.88. The second-order valence-electron chi connectivity index (χ2n) is 5.55. The fourth-order valence-electron chi connectivity index (χ4n) is 2.52. The van der Waals surface area contributed by atoms with Crippen LogP contribution in [0.1, 0.15) is 43.9 Å². The maximum atomic E-state index is 12.4. The van der Waals surface area contributed by atoms with Crippen LogP contribution in [0.25, 0.3) is 0 Å². The van der Waals surface area contributed by atoms with Crippen molar-refractivity contribution >= 4 is 5.78 Å². The van der Waals surface area contributed by atoms with Gasteiger partial charge in [0.2, 0.25) is 0 Å². The fourth-order valence-corrected chi connectivity index (χ4v) is 2.52. The Kier molecular flexibility index (Phi) is 4.38. The summed E-state index contributed by atoms with van der Waals surface area (Å²) >= 11 is 0. The predicted octanol–water partition coefficient (Wildman–Crippen LogP) is 2.63. The molecule has 0 saturated heterocycles. The van der Waals surface area contributed by atoms with Crippen molar-refractivity contribution in [3.63, 3.8) is 0 Å². The van der Waals surface area contributed by atoms with E-state index in [9.17, 15) is 4.79 Å². The van der Waals surface area contributed by atoms with Gasteiger partial charge in [-0.2, -0.15) is 0 Å². The molecular formula is C16H23NO2. The van der Waals surface area contributed by atoms with E-state index in [0.717, 1.165) is 18.4 Å². The molecule has 0 bridgehead atoms. The Balaban J connectivity index is 2.15. The molecule has 1 aliphatic heterocycles. The van der Waals surface area contributed by atoms with Gasteiger partial charge in [0, 0.05) is 18.4 Å². The van der Waals surface area contributed by atoms with E-state index in [-0.39, 0.29) is 11.9 Å². The SMILES string of the molecule is CCC(C)(CN)C(=O)CC1OCCc2ccccc21. The molecule has 0 spiro atoms. The van der Waals surface area contributed by atoms with Gasteiger partial charge in [0.1, 0.15) is 5.78 Å². The lowest BCUT2D eigenvalue weighted by atomic mass is 9.79. The zero-order chi connectivity index (χ0) is 13.9. The Morgan fingerprint density at radius 2 is 2.21 bits per heavy atom. The molecule has 2 N–H and O–H groups in total. The van der Waals surface area contributed by atoms with Crippen LogP contribution in [0, 0.1) is 5.41 Å². The highest BCUT2D eigenvalue weighted by molar-refractivity contribution is 5.85. The number of ether oxygens (including phenoxy) is 1. The van der Waals surface area contributed by atoms with Crippen molar-refractivity contribution in [3.8, 4) is 0 Å². The van der Waals surface area contributed by atoms with Crippen molar-refractivity contribution in [3.05, 3.63) is 35.4 Å². The van der Waals surface area contributed by atoms with E-state index in [0.29, 0.717) is 19.6 Å². The van der Waals surface area contributed by atoms with E-state index in [1.165, 1.54) is 5.56 Å². The minimum absolute atomic E-state index is 0.102. The molecule has 0 aliphatic carbocycles. The van der Waals surface area contributed by atoms with Crippen molar-refractivity contribution in [2.75, 3.05) is 13.2 Å². The summed E-state index contributed by atoms with van der Waals surface area (Å²) in [5.41, 5.74) is 7.80. The summed E-state index contributed by atoms with van der Waals surface area (Å²) in [4.78, 5) is 12.4. The topological polar surface area (TPSA) is 52.3 Å². The fraction of sp³-hybridized carbons (Fsp3) is 0.562. The summed E-state index contributed by atoms with van der Waals surface area (Å²) in [7, 11) is 0.